The largest absolute Gasteiger partial charge is 0.414 e. The van der Waals surface area contributed by atoms with E-state index in [0.29, 0.717) is 49.8 Å². The van der Waals surface area contributed by atoms with Crippen LogP contribution in [0.15, 0.2) is 12.7 Å². The number of fused-ring (bicyclic) bond motifs is 1. The Kier molecular flexibility index (Phi) is 9.82. The van der Waals surface area contributed by atoms with Crippen LogP contribution in [0.25, 0.3) is 11.2 Å². The summed E-state index contributed by atoms with van der Waals surface area (Å²) in [4.78, 5) is 13.5. The SMILES string of the molecule is CC(C)(C)[Si](C)(C)OC[C@H]1O[C@@H](n2cnc3c(NCCOCCO)ncnc32)C[C@@H]1O[Si](C)(C)C(C)(C)C. The maximum absolute atomic E-state index is 8.88. The lowest BCUT2D eigenvalue weighted by molar-refractivity contribution is -0.0383. The van der Waals surface area contributed by atoms with Crippen LogP contribution in [0.4, 0.5) is 5.82 Å². The van der Waals surface area contributed by atoms with Gasteiger partial charge >= 0.3 is 0 Å². The first-order valence-corrected chi connectivity index (χ1v) is 19.5. The summed E-state index contributed by atoms with van der Waals surface area (Å²) in [5.74, 6) is 0.645. The molecule has 0 spiro atoms. The Morgan fingerprint density at radius 2 is 1.71 bits per heavy atom. The number of imidazole rings is 1. The van der Waals surface area contributed by atoms with Crippen molar-refractivity contribution in [2.75, 3.05) is 38.3 Å². The zero-order chi connectivity index (χ0) is 28.4. The first kappa shape index (κ1) is 31.1. The quantitative estimate of drug-likeness (QED) is 0.272. The first-order valence-electron chi connectivity index (χ1n) is 13.6. The van der Waals surface area contributed by atoms with Gasteiger partial charge in [0, 0.05) is 13.0 Å². The van der Waals surface area contributed by atoms with Gasteiger partial charge in [-0.05, 0) is 36.3 Å². The lowest BCUT2D eigenvalue weighted by atomic mass is 10.2. The summed E-state index contributed by atoms with van der Waals surface area (Å²) in [5, 5.41) is 12.3. The van der Waals surface area contributed by atoms with Crippen molar-refractivity contribution >= 4 is 33.6 Å². The monoisotopic (exact) mass is 567 g/mol. The number of ether oxygens (including phenoxy) is 2. The number of hydrogen-bond donors (Lipinski definition) is 2. The standard InChI is InChI=1S/C26H49N5O5Si2/c1-25(2,3)37(7,8)34-16-20-19(36-38(9,10)26(4,5)6)15-21(35-20)31-18-30-22-23(28-17-29-24(22)31)27-11-13-33-14-12-32/h17-21,32H,11-16H2,1-10H3,(H,27,28,29)/t19-,20+,21+/m0/s1. The maximum Gasteiger partial charge on any atom is 0.192 e. The molecule has 1 aliphatic rings. The van der Waals surface area contributed by atoms with E-state index < -0.39 is 16.6 Å². The molecule has 0 aliphatic carbocycles. The van der Waals surface area contributed by atoms with Gasteiger partial charge in [0.2, 0.25) is 0 Å². The van der Waals surface area contributed by atoms with Crippen LogP contribution in [0.3, 0.4) is 0 Å². The van der Waals surface area contributed by atoms with Gasteiger partial charge in [-0.3, -0.25) is 4.57 Å². The second-order valence-corrected chi connectivity index (χ2v) is 22.7. The topological polar surface area (TPSA) is 113 Å². The first-order chi connectivity index (χ1) is 17.6. The molecule has 3 atom stereocenters. The smallest absolute Gasteiger partial charge is 0.192 e. The Morgan fingerprint density at radius 1 is 1.03 bits per heavy atom. The molecule has 0 radical (unpaired) electrons. The molecule has 3 heterocycles. The van der Waals surface area contributed by atoms with Crippen molar-refractivity contribution in [2.45, 2.75) is 103 Å². The average Bonchev–Trinajstić information content (AvgIpc) is 3.40. The Hall–Kier alpha value is -1.42. The summed E-state index contributed by atoms with van der Waals surface area (Å²) in [6.45, 7) is 24.5. The highest BCUT2D eigenvalue weighted by Crippen LogP contribution is 2.43. The normalized spacial score (nSPS) is 21.4. The van der Waals surface area contributed by atoms with Crippen molar-refractivity contribution in [3.8, 4) is 0 Å². The number of rotatable bonds is 12. The third-order valence-electron chi connectivity index (χ3n) is 8.29. The molecule has 10 nitrogen and oxygen atoms in total. The number of aliphatic hydroxyl groups is 1. The molecule has 0 amide bonds. The molecule has 1 fully saturated rings. The number of anilines is 1. The summed E-state index contributed by atoms with van der Waals surface area (Å²) in [6.07, 6.45) is 3.49. The van der Waals surface area contributed by atoms with E-state index in [1.165, 1.54) is 6.33 Å². The van der Waals surface area contributed by atoms with Crippen molar-refractivity contribution in [3.63, 3.8) is 0 Å². The van der Waals surface area contributed by atoms with Crippen LogP contribution in [0.2, 0.25) is 36.3 Å². The molecule has 0 bridgehead atoms. The Balaban J connectivity index is 1.82. The summed E-state index contributed by atoms with van der Waals surface area (Å²) < 4.78 is 27.5. The molecule has 2 N–H and O–H groups in total. The predicted molar refractivity (Wildman–Crippen MR) is 155 cm³/mol. The fraction of sp³-hybridized carbons (Fsp3) is 0.808. The molecule has 2 aromatic heterocycles. The van der Waals surface area contributed by atoms with Crippen molar-refractivity contribution in [1.29, 1.82) is 0 Å². The second-order valence-electron chi connectivity index (χ2n) is 13.2. The number of nitrogens with one attached hydrogen (secondary N) is 1. The van der Waals surface area contributed by atoms with E-state index in [1.807, 2.05) is 4.57 Å². The molecule has 2 aromatic rings. The lowest BCUT2D eigenvalue weighted by Crippen LogP contribution is -2.48. The zero-order valence-corrected chi connectivity index (χ0v) is 27.0. The molecule has 216 valence electrons. The second kappa shape index (κ2) is 12.0. The van der Waals surface area contributed by atoms with Crippen LogP contribution in [0.1, 0.15) is 54.2 Å². The van der Waals surface area contributed by atoms with E-state index in [0.717, 1.165) is 0 Å². The van der Waals surface area contributed by atoms with E-state index in [9.17, 15) is 0 Å². The average molecular weight is 568 g/mol. The van der Waals surface area contributed by atoms with Crippen LogP contribution in [-0.4, -0.2) is 86.4 Å². The van der Waals surface area contributed by atoms with Crippen molar-refractivity contribution < 1.29 is 23.4 Å². The Labute approximate surface area is 230 Å². The minimum Gasteiger partial charge on any atom is -0.414 e. The summed E-state index contributed by atoms with van der Waals surface area (Å²) >= 11 is 0. The van der Waals surface area contributed by atoms with Crippen LogP contribution in [0, 0.1) is 0 Å². The Bertz CT molecular complexity index is 1050. The molecule has 1 saturated heterocycles. The molecule has 0 saturated carbocycles. The number of hydrogen-bond acceptors (Lipinski definition) is 9. The highest BCUT2D eigenvalue weighted by molar-refractivity contribution is 6.74. The van der Waals surface area contributed by atoms with Crippen LogP contribution < -0.4 is 5.32 Å². The number of nitrogens with zero attached hydrogens (tertiary/aromatic N) is 4. The van der Waals surface area contributed by atoms with Gasteiger partial charge in [0.1, 0.15) is 18.7 Å². The third kappa shape index (κ3) is 7.20. The molecule has 38 heavy (non-hydrogen) atoms. The highest BCUT2D eigenvalue weighted by Gasteiger charge is 2.46. The highest BCUT2D eigenvalue weighted by atomic mass is 28.4. The van der Waals surface area contributed by atoms with E-state index >= 15 is 0 Å². The number of aromatic nitrogens is 4. The zero-order valence-electron chi connectivity index (χ0n) is 25.0. The van der Waals surface area contributed by atoms with E-state index in [2.05, 4.69) is 88.0 Å². The van der Waals surface area contributed by atoms with Crippen molar-refractivity contribution in [1.82, 2.24) is 19.5 Å². The molecule has 3 rings (SSSR count). The van der Waals surface area contributed by atoms with Crippen LogP contribution in [0.5, 0.6) is 0 Å². The van der Waals surface area contributed by atoms with Crippen LogP contribution >= 0.6 is 0 Å². The van der Waals surface area contributed by atoms with Gasteiger partial charge in [0.15, 0.2) is 33.6 Å². The third-order valence-corrected chi connectivity index (χ3v) is 17.3. The maximum atomic E-state index is 8.88. The molecular weight excluding hydrogens is 518 g/mol. The molecule has 0 aromatic carbocycles. The Morgan fingerprint density at radius 3 is 2.34 bits per heavy atom. The van der Waals surface area contributed by atoms with Gasteiger partial charge < -0.3 is 28.7 Å². The van der Waals surface area contributed by atoms with E-state index in [4.69, 9.17) is 23.4 Å². The fourth-order valence-corrected chi connectivity index (χ4v) is 6.18. The fourth-order valence-electron chi connectivity index (χ4n) is 3.81. The minimum absolute atomic E-state index is 0.00556. The molecule has 0 unspecified atom stereocenters. The van der Waals surface area contributed by atoms with Gasteiger partial charge in [-0.2, -0.15) is 0 Å². The van der Waals surface area contributed by atoms with E-state index in [1.54, 1.807) is 6.33 Å². The van der Waals surface area contributed by atoms with Crippen molar-refractivity contribution in [3.05, 3.63) is 12.7 Å². The molecule has 1 aliphatic heterocycles. The minimum atomic E-state index is -2.04. The molecule has 12 heteroatoms. The summed E-state index contributed by atoms with van der Waals surface area (Å²) in [7, 11) is -3.99. The molecular formula is C26H49N5O5Si2. The van der Waals surface area contributed by atoms with Crippen molar-refractivity contribution in [2.24, 2.45) is 0 Å². The van der Waals surface area contributed by atoms with Gasteiger partial charge in [0.05, 0.1) is 38.9 Å². The van der Waals surface area contributed by atoms with Gasteiger partial charge in [-0.25, -0.2) is 15.0 Å². The van der Waals surface area contributed by atoms with E-state index in [-0.39, 0.29) is 35.1 Å². The number of aliphatic hydroxyl groups excluding tert-OH is 1. The van der Waals surface area contributed by atoms with Gasteiger partial charge in [0.25, 0.3) is 0 Å². The lowest BCUT2D eigenvalue weighted by Gasteiger charge is -2.40. The predicted octanol–water partition coefficient (Wildman–Crippen LogP) is 4.95. The van der Waals surface area contributed by atoms with Gasteiger partial charge in [-0.1, -0.05) is 41.5 Å². The van der Waals surface area contributed by atoms with Gasteiger partial charge in [-0.15, -0.1) is 0 Å². The van der Waals surface area contributed by atoms with Crippen LogP contribution in [-0.2, 0) is 18.3 Å². The summed E-state index contributed by atoms with van der Waals surface area (Å²) in [5.41, 5.74) is 1.39. The summed E-state index contributed by atoms with van der Waals surface area (Å²) in [6, 6.07) is 0.